The minimum Gasteiger partial charge on any atom is -0.480 e. The highest BCUT2D eigenvalue weighted by Crippen LogP contribution is 2.53. The van der Waals surface area contributed by atoms with Gasteiger partial charge < -0.3 is 20.5 Å². The summed E-state index contributed by atoms with van der Waals surface area (Å²) in [6, 6.07) is -0.821. The number of carbonyl (C=O) groups excluding carboxylic acids is 1. The van der Waals surface area contributed by atoms with Crippen LogP contribution in [0.2, 0.25) is 0 Å². The van der Waals surface area contributed by atoms with Gasteiger partial charge >= 0.3 is 5.97 Å². The SMILES string of the molecule is COC[C@]1(N)C(=O)N2[C@@H](C(=O)O)C(C)(C)S[C@@H]21. The Balaban J connectivity index is 2.31. The molecule has 0 spiro atoms. The first-order chi connectivity index (χ1) is 7.75. The van der Waals surface area contributed by atoms with Crippen LogP contribution in [-0.4, -0.2) is 57.3 Å². The third kappa shape index (κ3) is 1.49. The van der Waals surface area contributed by atoms with Crippen molar-refractivity contribution in [2.75, 3.05) is 13.7 Å². The number of nitrogens with two attached hydrogens (primary N) is 1. The van der Waals surface area contributed by atoms with Crippen molar-refractivity contribution in [2.45, 2.75) is 35.5 Å². The minimum absolute atomic E-state index is 0.114. The van der Waals surface area contributed by atoms with Gasteiger partial charge in [-0.2, -0.15) is 0 Å². The van der Waals surface area contributed by atoms with Crippen molar-refractivity contribution in [3.05, 3.63) is 0 Å². The van der Waals surface area contributed by atoms with E-state index in [1.165, 1.54) is 23.8 Å². The Morgan fingerprint density at radius 1 is 1.65 bits per heavy atom. The molecule has 7 heteroatoms. The Morgan fingerprint density at radius 2 is 2.24 bits per heavy atom. The van der Waals surface area contributed by atoms with Crippen molar-refractivity contribution in [2.24, 2.45) is 5.73 Å². The van der Waals surface area contributed by atoms with Crippen LogP contribution in [-0.2, 0) is 14.3 Å². The van der Waals surface area contributed by atoms with Gasteiger partial charge in [-0.15, -0.1) is 11.8 Å². The molecule has 0 aromatic carbocycles. The molecule has 3 atom stereocenters. The molecule has 1 amide bonds. The molecular weight excluding hydrogens is 244 g/mol. The van der Waals surface area contributed by atoms with Gasteiger partial charge in [-0.3, -0.25) is 4.79 Å². The second kappa shape index (κ2) is 3.60. The highest BCUT2D eigenvalue weighted by Gasteiger charge is 2.70. The average Bonchev–Trinajstić information content (AvgIpc) is 2.48. The number of carbonyl (C=O) groups is 2. The molecule has 6 nitrogen and oxygen atoms in total. The average molecular weight is 260 g/mol. The molecule has 96 valence electrons. The number of hydrogen-bond acceptors (Lipinski definition) is 5. The van der Waals surface area contributed by atoms with E-state index in [0.717, 1.165) is 0 Å². The molecule has 3 N–H and O–H groups in total. The summed E-state index contributed by atoms with van der Waals surface area (Å²) in [6.07, 6.45) is 0. The number of hydrogen-bond donors (Lipinski definition) is 2. The van der Waals surface area contributed by atoms with Crippen LogP contribution in [0.25, 0.3) is 0 Å². The molecule has 0 unspecified atom stereocenters. The van der Waals surface area contributed by atoms with E-state index in [4.69, 9.17) is 10.5 Å². The Bertz CT molecular complexity index is 387. The van der Waals surface area contributed by atoms with E-state index in [0.29, 0.717) is 0 Å². The van der Waals surface area contributed by atoms with Crippen molar-refractivity contribution >= 4 is 23.6 Å². The predicted molar refractivity (Wildman–Crippen MR) is 62.5 cm³/mol. The molecule has 17 heavy (non-hydrogen) atoms. The van der Waals surface area contributed by atoms with Crippen molar-refractivity contribution < 1.29 is 19.4 Å². The molecule has 0 bridgehead atoms. The Morgan fingerprint density at radius 3 is 2.71 bits per heavy atom. The third-order valence-corrected chi connectivity index (χ3v) is 5.00. The predicted octanol–water partition coefficient (Wildman–Crippen LogP) is -0.523. The molecule has 0 aromatic rings. The number of thioether (sulfide) groups is 1. The van der Waals surface area contributed by atoms with Gasteiger partial charge in [-0.25, -0.2) is 4.79 Å². The Labute approximate surface area is 103 Å². The number of carboxylic acids is 1. The zero-order valence-electron chi connectivity index (χ0n) is 9.97. The van der Waals surface area contributed by atoms with E-state index in [2.05, 4.69) is 0 Å². The van der Waals surface area contributed by atoms with Crippen molar-refractivity contribution in [1.82, 2.24) is 4.90 Å². The maximum Gasteiger partial charge on any atom is 0.327 e. The first-order valence-electron chi connectivity index (χ1n) is 5.27. The Hall–Kier alpha value is -0.790. The number of nitrogens with zero attached hydrogens (tertiary/aromatic N) is 1. The first-order valence-corrected chi connectivity index (χ1v) is 6.15. The zero-order valence-corrected chi connectivity index (χ0v) is 10.8. The molecule has 2 heterocycles. The van der Waals surface area contributed by atoms with Gasteiger partial charge in [0.05, 0.1) is 6.61 Å². The summed E-state index contributed by atoms with van der Waals surface area (Å²) in [5, 5.41) is 8.90. The van der Waals surface area contributed by atoms with E-state index in [1.807, 2.05) is 13.8 Å². The van der Waals surface area contributed by atoms with Gasteiger partial charge in [0.1, 0.15) is 17.0 Å². The largest absolute Gasteiger partial charge is 0.480 e. The lowest BCUT2D eigenvalue weighted by Gasteiger charge is -2.50. The van der Waals surface area contributed by atoms with E-state index < -0.39 is 22.3 Å². The number of carboxylic acid groups (broad SMARTS) is 1. The fourth-order valence-electron chi connectivity index (χ4n) is 2.52. The lowest BCUT2D eigenvalue weighted by atomic mass is 9.86. The van der Waals surface area contributed by atoms with Crippen LogP contribution >= 0.6 is 11.8 Å². The molecule has 0 saturated carbocycles. The molecule has 2 saturated heterocycles. The summed E-state index contributed by atoms with van der Waals surface area (Å²) in [7, 11) is 1.48. The smallest absolute Gasteiger partial charge is 0.327 e. The molecule has 2 aliphatic rings. The summed E-state index contributed by atoms with van der Waals surface area (Å²) in [5.41, 5.74) is 4.91. The number of aliphatic carboxylic acids is 1. The summed E-state index contributed by atoms with van der Waals surface area (Å²) >= 11 is 1.42. The number of fused-ring (bicyclic) bond motifs is 1. The van der Waals surface area contributed by atoms with Crippen molar-refractivity contribution in [3.8, 4) is 0 Å². The first kappa shape index (κ1) is 12.7. The monoisotopic (exact) mass is 260 g/mol. The third-order valence-electron chi connectivity index (χ3n) is 3.30. The molecule has 0 aliphatic carbocycles. The summed E-state index contributed by atoms with van der Waals surface area (Å²) < 4.78 is 4.42. The lowest BCUT2D eigenvalue weighted by molar-refractivity contribution is -0.168. The highest BCUT2D eigenvalue weighted by atomic mass is 32.2. The van der Waals surface area contributed by atoms with Gasteiger partial charge in [0, 0.05) is 11.9 Å². The number of amides is 1. The summed E-state index contributed by atoms with van der Waals surface area (Å²) in [5.74, 6) is -1.33. The topological polar surface area (TPSA) is 92.9 Å². The molecule has 2 fully saturated rings. The van der Waals surface area contributed by atoms with Gasteiger partial charge in [0.2, 0.25) is 5.91 Å². The van der Waals surface area contributed by atoms with Crippen LogP contribution in [0.1, 0.15) is 13.8 Å². The van der Waals surface area contributed by atoms with E-state index in [-0.39, 0.29) is 17.9 Å². The van der Waals surface area contributed by atoms with Crippen LogP contribution < -0.4 is 5.73 Å². The molecular formula is C10H16N2O4S. The van der Waals surface area contributed by atoms with Gasteiger partial charge in [-0.1, -0.05) is 0 Å². The van der Waals surface area contributed by atoms with Gasteiger partial charge in [0.15, 0.2) is 0 Å². The molecule has 0 radical (unpaired) electrons. The zero-order chi connectivity index (χ0) is 13.0. The second-order valence-corrected chi connectivity index (χ2v) is 6.73. The van der Waals surface area contributed by atoms with Crippen LogP contribution in [0.15, 0.2) is 0 Å². The molecule has 0 aromatic heterocycles. The lowest BCUT2D eigenvalue weighted by Crippen LogP contribution is -2.79. The van der Waals surface area contributed by atoms with Crippen LogP contribution in [0.4, 0.5) is 0 Å². The maximum atomic E-state index is 12.0. The van der Waals surface area contributed by atoms with Crippen molar-refractivity contribution in [3.63, 3.8) is 0 Å². The van der Waals surface area contributed by atoms with Crippen LogP contribution in [0.5, 0.6) is 0 Å². The van der Waals surface area contributed by atoms with Gasteiger partial charge in [-0.05, 0) is 13.8 Å². The number of rotatable bonds is 3. The van der Waals surface area contributed by atoms with E-state index >= 15 is 0 Å². The van der Waals surface area contributed by atoms with E-state index in [1.54, 1.807) is 0 Å². The quantitative estimate of drug-likeness (QED) is 0.663. The molecule has 2 aliphatic heterocycles. The summed E-state index contributed by atoms with van der Waals surface area (Å²) in [6.45, 7) is 3.74. The number of β-lactam (4-membered cyclic amide) rings is 1. The normalized spacial score (nSPS) is 38.8. The van der Waals surface area contributed by atoms with Gasteiger partial charge in [0.25, 0.3) is 0 Å². The second-order valence-electron chi connectivity index (χ2n) is 5.00. The van der Waals surface area contributed by atoms with E-state index in [9.17, 15) is 14.7 Å². The summed E-state index contributed by atoms with van der Waals surface area (Å²) in [4.78, 5) is 24.6. The number of ether oxygens (including phenoxy) is 1. The molecule has 2 rings (SSSR count). The highest BCUT2D eigenvalue weighted by molar-refractivity contribution is 8.01. The fourth-order valence-corrected chi connectivity index (χ4v) is 4.15. The minimum atomic E-state index is -1.08. The standard InChI is InChI=1S/C10H16N2O4S/c1-9(2)5(6(13)14)12-7(15)10(11,4-16-3)8(12)17-9/h5,8H,4,11H2,1-3H3,(H,13,14)/t5-,8+,10-/m0/s1. The van der Waals surface area contributed by atoms with Crippen molar-refractivity contribution in [1.29, 1.82) is 0 Å². The Kier molecular flexibility index (Phi) is 2.68. The maximum absolute atomic E-state index is 12.0. The fraction of sp³-hybridized carbons (Fsp3) is 0.800. The van der Waals surface area contributed by atoms with Crippen LogP contribution in [0, 0.1) is 0 Å². The number of methoxy groups -OCH3 is 1. The van der Waals surface area contributed by atoms with Crippen LogP contribution in [0.3, 0.4) is 0 Å².